The van der Waals surface area contributed by atoms with Gasteiger partial charge in [-0.05, 0) is 47.5 Å². The summed E-state index contributed by atoms with van der Waals surface area (Å²) in [5.74, 6) is -0.787. The van der Waals surface area contributed by atoms with Crippen molar-refractivity contribution in [2.24, 2.45) is 0 Å². The molecule has 3 aromatic carbocycles. The third kappa shape index (κ3) is 5.52. The van der Waals surface area contributed by atoms with E-state index < -0.39 is 20.9 Å². The highest BCUT2D eigenvalue weighted by atomic mass is 79.9. The number of benzene rings is 3. The van der Waals surface area contributed by atoms with E-state index in [9.17, 15) is 17.6 Å². The molecule has 4 nitrogen and oxygen atoms in total. The minimum Gasteiger partial charge on any atom is -0.354 e. The normalized spacial score (nSPS) is 12.3. The molecule has 1 amide bonds. The van der Waals surface area contributed by atoms with Crippen molar-refractivity contribution in [2.75, 3.05) is 6.54 Å². The molecule has 7 heteroatoms. The molecule has 0 bridgehead atoms. The number of carbonyl (C=O) groups excluding carboxylic acids is 1. The molecular weight excluding hydrogens is 457 g/mol. The van der Waals surface area contributed by atoms with E-state index in [0.29, 0.717) is 5.56 Å². The lowest BCUT2D eigenvalue weighted by molar-refractivity contribution is -0.120. The minimum absolute atomic E-state index is 0.00918. The van der Waals surface area contributed by atoms with Crippen LogP contribution in [-0.4, -0.2) is 20.9 Å². The molecule has 1 N–H and O–H groups in total. The first kappa shape index (κ1) is 21.2. The predicted octanol–water partition coefficient (Wildman–Crippen LogP) is 4.46. The molecular formula is C22H19BrFNO3S. The van der Waals surface area contributed by atoms with Gasteiger partial charge in [-0.3, -0.25) is 4.79 Å². The molecule has 29 heavy (non-hydrogen) atoms. The zero-order chi connectivity index (χ0) is 20.9. The van der Waals surface area contributed by atoms with E-state index in [-0.39, 0.29) is 23.8 Å². The molecule has 0 aromatic heterocycles. The summed E-state index contributed by atoms with van der Waals surface area (Å²) in [6.07, 6.45) is 0.144. The molecule has 0 aliphatic carbocycles. The number of halogens is 2. The van der Waals surface area contributed by atoms with E-state index in [4.69, 9.17) is 0 Å². The van der Waals surface area contributed by atoms with E-state index in [1.807, 2.05) is 24.3 Å². The van der Waals surface area contributed by atoms with Gasteiger partial charge in [0.2, 0.25) is 5.91 Å². The van der Waals surface area contributed by atoms with E-state index >= 15 is 0 Å². The van der Waals surface area contributed by atoms with Crippen molar-refractivity contribution in [1.29, 1.82) is 0 Å². The Labute approximate surface area is 177 Å². The average molecular weight is 476 g/mol. The molecule has 0 fully saturated rings. The summed E-state index contributed by atoms with van der Waals surface area (Å²) in [4.78, 5) is 12.4. The van der Waals surface area contributed by atoms with Crippen LogP contribution in [0, 0.1) is 5.82 Å². The number of amides is 1. The third-order valence-electron chi connectivity index (χ3n) is 4.45. The molecule has 0 aliphatic rings. The molecule has 3 aromatic rings. The monoisotopic (exact) mass is 475 g/mol. The van der Waals surface area contributed by atoms with Gasteiger partial charge in [0.05, 0.1) is 11.3 Å². The maximum absolute atomic E-state index is 13.2. The van der Waals surface area contributed by atoms with Crippen molar-refractivity contribution < 1.29 is 17.6 Å². The Hall–Kier alpha value is -2.51. The first-order valence-electron chi connectivity index (χ1n) is 8.92. The maximum atomic E-state index is 13.2. The lowest BCUT2D eigenvalue weighted by atomic mass is 10.1. The van der Waals surface area contributed by atoms with Crippen LogP contribution in [0.1, 0.15) is 16.4 Å². The van der Waals surface area contributed by atoms with Gasteiger partial charge in [0.1, 0.15) is 11.1 Å². The number of hydrogen-bond acceptors (Lipinski definition) is 3. The zero-order valence-corrected chi connectivity index (χ0v) is 17.8. The van der Waals surface area contributed by atoms with Crippen molar-refractivity contribution in [1.82, 2.24) is 5.32 Å². The van der Waals surface area contributed by atoms with Gasteiger partial charge in [-0.2, -0.15) is 0 Å². The predicted molar refractivity (Wildman–Crippen MR) is 114 cm³/mol. The molecule has 0 aliphatic heterocycles. The second-order valence-electron chi connectivity index (χ2n) is 6.51. The van der Waals surface area contributed by atoms with Crippen molar-refractivity contribution >= 4 is 31.7 Å². The fourth-order valence-electron chi connectivity index (χ4n) is 2.92. The van der Waals surface area contributed by atoms with Gasteiger partial charge >= 0.3 is 0 Å². The highest BCUT2D eigenvalue weighted by Gasteiger charge is 2.29. The second kappa shape index (κ2) is 9.33. The van der Waals surface area contributed by atoms with E-state index in [1.54, 1.807) is 30.3 Å². The summed E-state index contributed by atoms with van der Waals surface area (Å²) in [6.45, 7) is -0.0842. The highest BCUT2D eigenvalue weighted by Crippen LogP contribution is 2.28. The van der Waals surface area contributed by atoms with Crippen LogP contribution in [0.15, 0.2) is 88.2 Å². The third-order valence-corrected chi connectivity index (χ3v) is 7.10. The van der Waals surface area contributed by atoms with Crippen molar-refractivity contribution in [3.8, 4) is 0 Å². The molecule has 0 heterocycles. The molecule has 150 valence electrons. The van der Waals surface area contributed by atoms with Gasteiger partial charge in [-0.15, -0.1) is 0 Å². The van der Waals surface area contributed by atoms with E-state index in [1.165, 1.54) is 12.1 Å². The molecule has 3 rings (SSSR count). The van der Waals surface area contributed by atoms with Crippen LogP contribution in [0.5, 0.6) is 0 Å². The van der Waals surface area contributed by atoms with Gasteiger partial charge < -0.3 is 5.32 Å². The number of hydrogen-bond donors (Lipinski definition) is 1. The van der Waals surface area contributed by atoms with Crippen LogP contribution in [0.25, 0.3) is 0 Å². The van der Waals surface area contributed by atoms with Crippen LogP contribution in [-0.2, 0) is 21.1 Å². The average Bonchev–Trinajstić information content (AvgIpc) is 2.71. The van der Waals surface area contributed by atoms with Crippen LogP contribution >= 0.6 is 15.9 Å². The van der Waals surface area contributed by atoms with Gasteiger partial charge in [0.15, 0.2) is 9.84 Å². The van der Waals surface area contributed by atoms with E-state index in [0.717, 1.165) is 22.2 Å². The van der Waals surface area contributed by atoms with Crippen LogP contribution < -0.4 is 5.32 Å². The summed E-state index contributed by atoms with van der Waals surface area (Å²) in [6, 6.07) is 20.7. The Morgan fingerprint density at radius 1 is 0.931 bits per heavy atom. The lowest BCUT2D eigenvalue weighted by Crippen LogP contribution is -2.32. The van der Waals surface area contributed by atoms with Crippen LogP contribution in [0.3, 0.4) is 0 Å². The number of nitrogens with one attached hydrogen (secondary N) is 1. The number of rotatable bonds is 7. The summed E-state index contributed by atoms with van der Waals surface area (Å²) in [5.41, 5.74) is 1.38. The topological polar surface area (TPSA) is 63.2 Å². The largest absolute Gasteiger partial charge is 0.354 e. The zero-order valence-electron chi connectivity index (χ0n) is 15.4. The van der Waals surface area contributed by atoms with Crippen molar-refractivity contribution in [3.63, 3.8) is 0 Å². The van der Waals surface area contributed by atoms with Crippen molar-refractivity contribution in [2.45, 2.75) is 16.6 Å². The van der Waals surface area contributed by atoms with Gasteiger partial charge in [-0.25, -0.2) is 12.8 Å². The minimum atomic E-state index is -3.83. The number of sulfone groups is 1. The van der Waals surface area contributed by atoms with Crippen LogP contribution in [0.4, 0.5) is 4.39 Å². The molecule has 1 unspecified atom stereocenters. The van der Waals surface area contributed by atoms with Gasteiger partial charge in [-0.1, -0.05) is 58.4 Å². The molecule has 0 spiro atoms. The Morgan fingerprint density at radius 2 is 1.55 bits per heavy atom. The van der Waals surface area contributed by atoms with Crippen LogP contribution in [0.2, 0.25) is 0 Å². The van der Waals surface area contributed by atoms with Gasteiger partial charge in [0, 0.05) is 11.0 Å². The van der Waals surface area contributed by atoms with Gasteiger partial charge in [0.25, 0.3) is 0 Å². The first-order chi connectivity index (χ1) is 13.9. The fraction of sp³-hybridized carbons (Fsp3) is 0.136. The van der Waals surface area contributed by atoms with Crippen molar-refractivity contribution in [3.05, 3.63) is 100 Å². The molecule has 1 atom stereocenters. The molecule has 0 saturated heterocycles. The smallest absolute Gasteiger partial charge is 0.224 e. The fourth-order valence-corrected chi connectivity index (χ4v) is 4.85. The first-order valence-corrected chi connectivity index (χ1v) is 11.3. The number of carbonyl (C=O) groups is 1. The second-order valence-corrected chi connectivity index (χ2v) is 9.55. The molecule has 0 saturated carbocycles. The molecule has 0 radical (unpaired) electrons. The SMILES string of the molecule is O=C(Cc1ccc(Br)cc1)NCC(c1ccccc1)S(=O)(=O)c1ccc(F)cc1. The Morgan fingerprint density at radius 3 is 2.17 bits per heavy atom. The summed E-state index contributed by atoms with van der Waals surface area (Å²) < 4.78 is 40.5. The summed E-state index contributed by atoms with van der Waals surface area (Å²) in [5, 5.41) is 1.74. The summed E-state index contributed by atoms with van der Waals surface area (Å²) in [7, 11) is -3.83. The lowest BCUT2D eigenvalue weighted by Gasteiger charge is -2.19. The summed E-state index contributed by atoms with van der Waals surface area (Å²) >= 11 is 3.35. The Bertz CT molecular complexity index is 1070. The highest BCUT2D eigenvalue weighted by molar-refractivity contribution is 9.10. The maximum Gasteiger partial charge on any atom is 0.224 e. The Kier molecular flexibility index (Phi) is 6.82. The quantitative estimate of drug-likeness (QED) is 0.513. The standard InChI is InChI=1S/C22H19BrFNO3S/c23-18-8-6-16(7-9-18)14-22(26)25-15-21(17-4-2-1-3-5-17)29(27,28)20-12-10-19(24)11-13-20/h1-13,21H,14-15H2,(H,25,26). The Balaban J connectivity index is 1.80. The van der Waals surface area contributed by atoms with E-state index in [2.05, 4.69) is 21.2 Å².